The van der Waals surface area contributed by atoms with E-state index in [2.05, 4.69) is 15.5 Å². The van der Waals surface area contributed by atoms with Gasteiger partial charge < -0.3 is 19.2 Å². The summed E-state index contributed by atoms with van der Waals surface area (Å²) in [7, 11) is 2.89. The van der Waals surface area contributed by atoms with Crippen LogP contribution in [0.3, 0.4) is 0 Å². The summed E-state index contributed by atoms with van der Waals surface area (Å²) in [4.78, 5) is 24.4. The molecule has 0 fully saturated rings. The molecule has 2 aromatic heterocycles. The number of anilines is 1. The zero-order valence-electron chi connectivity index (χ0n) is 18.3. The molecule has 1 N–H and O–H groups in total. The first-order valence-electron chi connectivity index (χ1n) is 10.2. The number of ether oxygens (including phenoxy) is 2. The fraction of sp³-hybridized carbons (Fsp3) is 0.217. The molecule has 2 heterocycles. The van der Waals surface area contributed by atoms with E-state index in [9.17, 15) is 9.59 Å². The lowest BCUT2D eigenvalue weighted by molar-refractivity contribution is -0.113. The van der Waals surface area contributed by atoms with Gasteiger partial charge in [0.25, 0.3) is 0 Å². The van der Waals surface area contributed by atoms with Crippen molar-refractivity contribution in [2.45, 2.75) is 18.6 Å². The number of nitrogens with one attached hydrogen (secondary N) is 1. The van der Waals surface area contributed by atoms with Crippen LogP contribution in [0.15, 0.2) is 58.1 Å². The third-order valence-corrected chi connectivity index (χ3v) is 5.89. The Bertz CT molecular complexity index is 1310. The van der Waals surface area contributed by atoms with E-state index in [1.54, 1.807) is 31.4 Å². The van der Waals surface area contributed by atoms with Crippen molar-refractivity contribution in [1.29, 1.82) is 0 Å². The molecule has 0 atom stereocenters. The zero-order valence-corrected chi connectivity index (χ0v) is 19.1. The van der Waals surface area contributed by atoms with E-state index in [1.807, 2.05) is 35.8 Å². The van der Waals surface area contributed by atoms with E-state index in [-0.39, 0.29) is 17.2 Å². The summed E-state index contributed by atoms with van der Waals surface area (Å²) in [6.07, 6.45) is 0. The standard InChI is InChI=1S/C23H22N4O5S/c1-4-27-21(18-12-14-8-7-11-17(30-2)20(14)32-18)25-26-23(27)33-13-19(28)24-16-10-6-5-9-15(16)22(29)31-3/h5-12H,4,13H2,1-3H3,(H,24,28). The number of para-hydroxylation sites is 2. The minimum Gasteiger partial charge on any atom is -0.493 e. The smallest absolute Gasteiger partial charge is 0.339 e. The molecule has 170 valence electrons. The molecule has 0 saturated heterocycles. The van der Waals surface area contributed by atoms with Crippen LogP contribution in [0, 0.1) is 0 Å². The van der Waals surface area contributed by atoms with Gasteiger partial charge in [0.15, 0.2) is 22.2 Å². The molecule has 0 radical (unpaired) electrons. The largest absolute Gasteiger partial charge is 0.493 e. The SMILES string of the molecule is CCn1c(SCC(=O)Nc2ccccc2C(=O)OC)nnc1-c1cc2cccc(OC)c2o1. The Morgan fingerprint density at radius 2 is 1.94 bits per heavy atom. The van der Waals surface area contributed by atoms with Gasteiger partial charge >= 0.3 is 5.97 Å². The highest BCUT2D eigenvalue weighted by molar-refractivity contribution is 7.99. The van der Waals surface area contributed by atoms with E-state index >= 15 is 0 Å². The number of nitrogens with zero attached hydrogens (tertiary/aromatic N) is 3. The maximum Gasteiger partial charge on any atom is 0.339 e. The predicted octanol–water partition coefficient (Wildman–Crippen LogP) is 4.24. The highest BCUT2D eigenvalue weighted by atomic mass is 32.2. The van der Waals surface area contributed by atoms with Gasteiger partial charge in [0.05, 0.1) is 31.2 Å². The van der Waals surface area contributed by atoms with Crippen LogP contribution in [-0.2, 0) is 16.1 Å². The number of carbonyl (C=O) groups excluding carboxylic acids is 2. The van der Waals surface area contributed by atoms with Crippen LogP contribution in [0.25, 0.3) is 22.6 Å². The molecule has 10 heteroatoms. The summed E-state index contributed by atoms with van der Waals surface area (Å²) >= 11 is 1.24. The average molecular weight is 467 g/mol. The van der Waals surface area contributed by atoms with Crippen molar-refractivity contribution in [3.63, 3.8) is 0 Å². The van der Waals surface area contributed by atoms with Crippen LogP contribution < -0.4 is 10.1 Å². The number of methoxy groups -OCH3 is 2. The van der Waals surface area contributed by atoms with E-state index < -0.39 is 5.97 Å². The Morgan fingerprint density at radius 3 is 2.70 bits per heavy atom. The van der Waals surface area contributed by atoms with Crippen molar-refractivity contribution in [2.24, 2.45) is 0 Å². The van der Waals surface area contributed by atoms with E-state index in [1.165, 1.54) is 18.9 Å². The van der Waals surface area contributed by atoms with Gasteiger partial charge in [-0.2, -0.15) is 0 Å². The number of benzene rings is 2. The van der Waals surface area contributed by atoms with Gasteiger partial charge in [0.2, 0.25) is 11.7 Å². The first-order valence-corrected chi connectivity index (χ1v) is 11.1. The van der Waals surface area contributed by atoms with Crippen molar-refractivity contribution in [3.8, 4) is 17.3 Å². The first kappa shape index (κ1) is 22.4. The molecule has 9 nitrogen and oxygen atoms in total. The topological polar surface area (TPSA) is 108 Å². The maximum absolute atomic E-state index is 12.5. The number of hydrogen-bond acceptors (Lipinski definition) is 8. The summed E-state index contributed by atoms with van der Waals surface area (Å²) in [5, 5.41) is 12.8. The molecular weight excluding hydrogens is 444 g/mol. The third-order valence-electron chi connectivity index (χ3n) is 4.92. The molecule has 4 rings (SSSR count). The van der Waals surface area contributed by atoms with Gasteiger partial charge in [-0.1, -0.05) is 36.0 Å². The molecule has 4 aromatic rings. The van der Waals surface area contributed by atoms with Crippen LogP contribution in [-0.4, -0.2) is 46.6 Å². The Morgan fingerprint density at radius 1 is 1.12 bits per heavy atom. The van der Waals surface area contributed by atoms with Gasteiger partial charge in [-0.15, -0.1) is 10.2 Å². The monoisotopic (exact) mass is 466 g/mol. The van der Waals surface area contributed by atoms with Crippen LogP contribution in [0.1, 0.15) is 17.3 Å². The Balaban J connectivity index is 1.51. The summed E-state index contributed by atoms with van der Waals surface area (Å²) < 4.78 is 18.0. The van der Waals surface area contributed by atoms with E-state index in [0.717, 1.165) is 5.39 Å². The fourth-order valence-corrected chi connectivity index (χ4v) is 4.17. The fourth-order valence-electron chi connectivity index (χ4n) is 3.37. The Labute approximate surface area is 194 Å². The summed E-state index contributed by atoms with van der Waals surface area (Å²) in [6.45, 7) is 2.55. The molecule has 0 bridgehead atoms. The number of furan rings is 1. The van der Waals surface area contributed by atoms with Crippen LogP contribution in [0.5, 0.6) is 5.75 Å². The molecule has 33 heavy (non-hydrogen) atoms. The summed E-state index contributed by atoms with van der Waals surface area (Å²) in [6, 6.07) is 14.2. The van der Waals surface area contributed by atoms with Gasteiger partial charge in [0.1, 0.15) is 0 Å². The van der Waals surface area contributed by atoms with Crippen molar-refractivity contribution < 1.29 is 23.5 Å². The average Bonchev–Trinajstić information content (AvgIpc) is 3.46. The molecule has 1 amide bonds. The quantitative estimate of drug-likeness (QED) is 0.303. The van der Waals surface area contributed by atoms with Gasteiger partial charge in [-0.3, -0.25) is 9.36 Å². The lowest BCUT2D eigenvalue weighted by Gasteiger charge is -2.09. The minimum atomic E-state index is -0.517. The van der Waals surface area contributed by atoms with Gasteiger partial charge in [-0.25, -0.2) is 4.79 Å². The zero-order chi connectivity index (χ0) is 23.4. The number of amides is 1. The molecule has 0 aliphatic heterocycles. The first-order chi connectivity index (χ1) is 16.0. The third kappa shape index (κ3) is 4.56. The Kier molecular flexibility index (Phi) is 6.64. The molecule has 2 aromatic carbocycles. The number of thioether (sulfide) groups is 1. The number of carbonyl (C=O) groups is 2. The molecular formula is C23H22N4O5S. The number of aromatic nitrogens is 3. The maximum atomic E-state index is 12.5. The summed E-state index contributed by atoms with van der Waals surface area (Å²) in [5.74, 6) is 1.05. The van der Waals surface area contributed by atoms with Crippen molar-refractivity contribution in [3.05, 3.63) is 54.1 Å². The van der Waals surface area contributed by atoms with Crippen molar-refractivity contribution in [1.82, 2.24) is 14.8 Å². The number of rotatable bonds is 8. The second-order valence-corrected chi connectivity index (χ2v) is 7.86. The highest BCUT2D eigenvalue weighted by Gasteiger charge is 2.20. The van der Waals surface area contributed by atoms with Gasteiger partial charge in [0, 0.05) is 11.9 Å². The molecule has 0 aliphatic rings. The second-order valence-electron chi connectivity index (χ2n) is 6.91. The second kappa shape index (κ2) is 9.78. The van der Waals surface area contributed by atoms with Crippen LogP contribution in [0.4, 0.5) is 5.69 Å². The molecule has 0 spiro atoms. The highest BCUT2D eigenvalue weighted by Crippen LogP contribution is 2.33. The molecule has 0 saturated carbocycles. The van der Waals surface area contributed by atoms with E-state index in [0.29, 0.717) is 40.3 Å². The molecule has 0 unspecified atom stereocenters. The van der Waals surface area contributed by atoms with E-state index in [4.69, 9.17) is 13.9 Å². The number of fused-ring (bicyclic) bond motifs is 1. The van der Waals surface area contributed by atoms with Gasteiger partial charge in [-0.05, 0) is 31.2 Å². The predicted molar refractivity (Wildman–Crippen MR) is 125 cm³/mol. The lowest BCUT2D eigenvalue weighted by atomic mass is 10.2. The number of hydrogen-bond donors (Lipinski definition) is 1. The van der Waals surface area contributed by atoms with Crippen molar-refractivity contribution >= 4 is 40.3 Å². The van der Waals surface area contributed by atoms with Crippen LogP contribution in [0.2, 0.25) is 0 Å². The Hall–Kier alpha value is -3.79. The van der Waals surface area contributed by atoms with Crippen LogP contribution >= 0.6 is 11.8 Å². The molecule has 0 aliphatic carbocycles. The number of esters is 1. The normalized spacial score (nSPS) is 10.9. The summed E-state index contributed by atoms with van der Waals surface area (Å²) in [5.41, 5.74) is 1.32. The minimum absolute atomic E-state index is 0.0849. The lowest BCUT2D eigenvalue weighted by Crippen LogP contribution is -2.17. The van der Waals surface area contributed by atoms with Crippen molar-refractivity contribution in [2.75, 3.05) is 25.3 Å².